The zero-order chi connectivity index (χ0) is 15.8. The van der Waals surface area contributed by atoms with E-state index in [0.29, 0.717) is 18.4 Å². The largest absolute Gasteiger partial charge is 0.398 e. The van der Waals surface area contributed by atoms with Crippen molar-refractivity contribution in [2.24, 2.45) is 0 Å². The Hall–Kier alpha value is -1.11. The summed E-state index contributed by atoms with van der Waals surface area (Å²) in [7, 11) is -2.19. The van der Waals surface area contributed by atoms with Crippen molar-refractivity contribution in [2.75, 3.05) is 19.3 Å². The second kappa shape index (κ2) is 5.59. The molecular weight excluding hydrogens is 288 g/mol. The number of benzene rings is 1. The summed E-state index contributed by atoms with van der Waals surface area (Å²) in [5.74, 6) is 0. The summed E-state index contributed by atoms with van der Waals surface area (Å²) in [6, 6.07) is 3.43. The van der Waals surface area contributed by atoms with Gasteiger partial charge in [0, 0.05) is 13.6 Å². The lowest BCUT2D eigenvalue weighted by Gasteiger charge is -2.29. The van der Waals surface area contributed by atoms with E-state index in [-0.39, 0.29) is 17.1 Å². The average molecular weight is 312 g/mol. The fourth-order valence-electron chi connectivity index (χ4n) is 3.00. The van der Waals surface area contributed by atoms with Gasteiger partial charge in [-0.2, -0.15) is 4.31 Å². The lowest BCUT2D eigenvalue weighted by Crippen LogP contribution is -2.42. The molecule has 0 saturated heterocycles. The number of likely N-dealkylation sites (N-methyl/N-ethyl adjacent to an activating group) is 1. The summed E-state index contributed by atoms with van der Waals surface area (Å²) >= 11 is 0. The van der Waals surface area contributed by atoms with E-state index >= 15 is 0 Å². The number of rotatable bonds is 4. The van der Waals surface area contributed by atoms with Crippen molar-refractivity contribution in [3.05, 3.63) is 23.3 Å². The van der Waals surface area contributed by atoms with Crippen LogP contribution in [0, 0.1) is 13.8 Å². The van der Waals surface area contributed by atoms with Crippen LogP contribution in [0.5, 0.6) is 0 Å². The van der Waals surface area contributed by atoms with E-state index in [1.807, 2.05) is 13.0 Å². The molecule has 6 heteroatoms. The molecule has 0 aliphatic heterocycles. The molecule has 1 aliphatic rings. The number of aliphatic hydroxyl groups is 1. The summed E-state index contributed by atoms with van der Waals surface area (Å²) in [5.41, 5.74) is 6.78. The zero-order valence-corrected chi connectivity index (χ0v) is 13.7. The van der Waals surface area contributed by atoms with Crippen LogP contribution in [0.15, 0.2) is 17.0 Å². The second-order valence-electron chi connectivity index (χ2n) is 6.12. The lowest BCUT2D eigenvalue weighted by atomic mass is 10.0. The maximum absolute atomic E-state index is 12.8. The van der Waals surface area contributed by atoms with Crippen LogP contribution in [0.1, 0.15) is 36.8 Å². The Balaban J connectivity index is 2.36. The maximum atomic E-state index is 12.8. The van der Waals surface area contributed by atoms with E-state index in [4.69, 9.17) is 5.73 Å². The molecule has 1 aromatic carbocycles. The Bertz CT molecular complexity index is 635. The lowest BCUT2D eigenvalue weighted by molar-refractivity contribution is 0.0333. The van der Waals surface area contributed by atoms with Crippen LogP contribution in [0.2, 0.25) is 0 Å². The summed E-state index contributed by atoms with van der Waals surface area (Å²) in [6.07, 6.45) is 3.18. The van der Waals surface area contributed by atoms with E-state index in [0.717, 1.165) is 18.4 Å². The number of hydrogen-bond acceptors (Lipinski definition) is 4. The summed E-state index contributed by atoms with van der Waals surface area (Å²) in [4.78, 5) is 0.159. The number of aryl methyl sites for hydroxylation is 1. The number of anilines is 1. The third-order valence-corrected chi connectivity index (χ3v) is 6.43. The van der Waals surface area contributed by atoms with Gasteiger partial charge in [-0.15, -0.1) is 0 Å². The highest BCUT2D eigenvalue weighted by Gasteiger charge is 2.36. The molecule has 0 unspecified atom stereocenters. The van der Waals surface area contributed by atoms with E-state index < -0.39 is 15.6 Å². The van der Waals surface area contributed by atoms with Gasteiger partial charge in [-0.3, -0.25) is 0 Å². The van der Waals surface area contributed by atoms with Crippen LogP contribution < -0.4 is 5.73 Å². The van der Waals surface area contributed by atoms with Crippen LogP contribution in [-0.2, 0) is 10.0 Å². The van der Waals surface area contributed by atoms with Crippen molar-refractivity contribution in [1.29, 1.82) is 0 Å². The molecule has 1 fully saturated rings. The minimum absolute atomic E-state index is 0.113. The molecular formula is C15H24N2O3S. The number of nitrogens with two attached hydrogens (primary N) is 1. The van der Waals surface area contributed by atoms with Gasteiger partial charge in [0.15, 0.2) is 0 Å². The van der Waals surface area contributed by atoms with Gasteiger partial charge in [0.1, 0.15) is 4.90 Å². The molecule has 0 spiro atoms. The molecule has 0 amide bonds. The van der Waals surface area contributed by atoms with Crippen LogP contribution >= 0.6 is 0 Å². The van der Waals surface area contributed by atoms with Gasteiger partial charge in [-0.05, 0) is 43.9 Å². The van der Waals surface area contributed by atoms with Crippen molar-refractivity contribution in [1.82, 2.24) is 4.31 Å². The molecule has 0 aromatic heterocycles. The van der Waals surface area contributed by atoms with E-state index in [1.54, 1.807) is 13.0 Å². The molecule has 0 heterocycles. The van der Waals surface area contributed by atoms with Gasteiger partial charge >= 0.3 is 0 Å². The normalized spacial score (nSPS) is 18.3. The minimum Gasteiger partial charge on any atom is -0.398 e. The van der Waals surface area contributed by atoms with Crippen molar-refractivity contribution in [3.8, 4) is 0 Å². The van der Waals surface area contributed by atoms with Crippen molar-refractivity contribution >= 4 is 15.7 Å². The predicted molar refractivity (Wildman–Crippen MR) is 83.6 cm³/mol. The number of sulfonamides is 1. The van der Waals surface area contributed by atoms with Crippen molar-refractivity contribution in [2.45, 2.75) is 50.0 Å². The Kier molecular flexibility index (Phi) is 4.33. The highest BCUT2D eigenvalue weighted by molar-refractivity contribution is 7.89. The molecule has 21 heavy (non-hydrogen) atoms. The minimum atomic E-state index is -3.70. The molecule has 1 aliphatic carbocycles. The van der Waals surface area contributed by atoms with Gasteiger partial charge in [0.25, 0.3) is 0 Å². The van der Waals surface area contributed by atoms with Gasteiger partial charge < -0.3 is 10.8 Å². The molecule has 0 bridgehead atoms. The van der Waals surface area contributed by atoms with Crippen LogP contribution in [0.3, 0.4) is 0 Å². The molecule has 5 nitrogen and oxygen atoms in total. The SMILES string of the molecule is Cc1ccc(N)c(S(=O)(=O)N(C)CC2(O)CCCC2)c1C. The predicted octanol–water partition coefficient (Wildman–Crippen LogP) is 1.81. The first-order valence-corrected chi connectivity index (χ1v) is 8.66. The highest BCUT2D eigenvalue weighted by atomic mass is 32.2. The van der Waals surface area contributed by atoms with E-state index in [2.05, 4.69) is 0 Å². The Morgan fingerprint density at radius 3 is 2.43 bits per heavy atom. The monoisotopic (exact) mass is 312 g/mol. The molecule has 2 rings (SSSR count). The molecule has 1 saturated carbocycles. The standard InChI is InChI=1S/C15H24N2O3S/c1-11-6-7-13(16)14(12(11)2)21(19,20)17(3)10-15(18)8-4-5-9-15/h6-7,18H,4-5,8-10,16H2,1-3H3. The summed E-state index contributed by atoms with van der Waals surface area (Å²) in [5, 5.41) is 10.4. The number of nitrogens with zero attached hydrogens (tertiary/aromatic N) is 1. The summed E-state index contributed by atoms with van der Waals surface area (Å²) in [6.45, 7) is 3.73. The van der Waals surface area contributed by atoms with Gasteiger partial charge in [-0.25, -0.2) is 8.42 Å². The summed E-state index contributed by atoms with van der Waals surface area (Å²) < 4.78 is 26.8. The van der Waals surface area contributed by atoms with Crippen molar-refractivity contribution in [3.63, 3.8) is 0 Å². The van der Waals surface area contributed by atoms with Gasteiger partial charge in [0.05, 0.1) is 11.3 Å². The highest BCUT2D eigenvalue weighted by Crippen LogP contribution is 2.33. The molecule has 1 aromatic rings. The fraction of sp³-hybridized carbons (Fsp3) is 0.600. The quantitative estimate of drug-likeness (QED) is 0.831. The topological polar surface area (TPSA) is 83.6 Å². The number of hydrogen-bond donors (Lipinski definition) is 2. The van der Waals surface area contributed by atoms with Gasteiger partial charge in [-0.1, -0.05) is 18.9 Å². The number of nitrogen functional groups attached to an aromatic ring is 1. The molecule has 0 atom stereocenters. The zero-order valence-electron chi connectivity index (χ0n) is 12.9. The van der Waals surface area contributed by atoms with E-state index in [9.17, 15) is 13.5 Å². The van der Waals surface area contributed by atoms with Crippen LogP contribution in [0.4, 0.5) is 5.69 Å². The maximum Gasteiger partial charge on any atom is 0.245 e. The third-order valence-electron chi connectivity index (χ3n) is 4.43. The Morgan fingerprint density at radius 1 is 1.29 bits per heavy atom. The van der Waals surface area contributed by atoms with Crippen LogP contribution in [0.25, 0.3) is 0 Å². The Morgan fingerprint density at radius 2 is 1.86 bits per heavy atom. The molecule has 0 radical (unpaired) electrons. The average Bonchev–Trinajstić information content (AvgIpc) is 2.80. The van der Waals surface area contributed by atoms with Crippen molar-refractivity contribution < 1.29 is 13.5 Å². The first-order valence-electron chi connectivity index (χ1n) is 7.22. The second-order valence-corrected chi connectivity index (χ2v) is 8.10. The third kappa shape index (κ3) is 3.07. The van der Waals surface area contributed by atoms with E-state index in [1.165, 1.54) is 11.4 Å². The smallest absolute Gasteiger partial charge is 0.245 e. The first-order chi connectivity index (χ1) is 9.67. The molecule has 3 N–H and O–H groups in total. The van der Waals surface area contributed by atoms with Crippen LogP contribution in [-0.4, -0.2) is 37.0 Å². The Labute approximate surface area is 126 Å². The fourth-order valence-corrected chi connectivity index (χ4v) is 4.64. The first kappa shape index (κ1) is 16.3. The molecule has 118 valence electrons. The van der Waals surface area contributed by atoms with Gasteiger partial charge in [0.2, 0.25) is 10.0 Å².